The molecule has 11 aromatic rings. The van der Waals surface area contributed by atoms with Gasteiger partial charge in [-0.25, -0.2) is 9.97 Å². The number of hydrogen-bond acceptors (Lipinski definition) is 10. The van der Waals surface area contributed by atoms with Crippen LogP contribution in [0, 0.1) is 0 Å². The van der Waals surface area contributed by atoms with E-state index in [1.807, 2.05) is 146 Å². The van der Waals surface area contributed by atoms with Crippen LogP contribution in [0.25, 0.3) is 135 Å². The lowest BCUT2D eigenvalue weighted by atomic mass is 9.98. The van der Waals surface area contributed by atoms with Crippen molar-refractivity contribution in [1.29, 1.82) is 0 Å². The molecule has 0 radical (unpaired) electrons. The van der Waals surface area contributed by atoms with Crippen LogP contribution in [-0.2, 0) is 19.2 Å². The highest BCUT2D eigenvalue weighted by Gasteiger charge is 2.22. The summed E-state index contributed by atoms with van der Waals surface area (Å²) < 4.78 is 0. The second kappa shape index (κ2) is 28.2. The van der Waals surface area contributed by atoms with Crippen LogP contribution >= 0.6 is 0 Å². The quantitative estimate of drug-likeness (QED) is 0.0339. The summed E-state index contributed by atoms with van der Waals surface area (Å²) in [6, 6.07) is 67.7. The predicted octanol–water partition coefficient (Wildman–Crippen LogP) is 13.2. The minimum atomic E-state index is -1.15. The molecule has 10 N–H and O–H groups in total. The number of benzene rings is 8. The molecule has 20 heteroatoms. The normalized spacial score (nSPS) is 11.4. The molecule has 0 unspecified atom stereocenters. The van der Waals surface area contributed by atoms with Crippen LogP contribution in [0.3, 0.4) is 0 Å². The molecule has 100 heavy (non-hydrogen) atoms. The monoisotopic (exact) mass is 1320 g/mol. The molecule has 8 bridgehead atoms. The number of nitrogens with zero attached hydrogens (tertiary/aromatic N) is 2. The first-order valence-electron chi connectivity index (χ1n) is 31.5. The van der Waals surface area contributed by atoms with Gasteiger partial charge in [0.15, 0.2) is 0 Å². The van der Waals surface area contributed by atoms with Gasteiger partial charge in [-0.15, -0.1) is 0 Å². The fraction of sp³-hybridized carbons (Fsp3) is 0.0500. The zero-order valence-electron chi connectivity index (χ0n) is 52.9. The van der Waals surface area contributed by atoms with E-state index in [0.29, 0.717) is 45.0 Å². The molecular formula is C80H58N8O12. The molecule has 2 aliphatic heterocycles. The highest BCUT2D eigenvalue weighted by Crippen LogP contribution is 2.41. The Balaban J connectivity index is 0.984. The van der Waals surface area contributed by atoms with Crippen LogP contribution < -0.4 is 21.3 Å². The van der Waals surface area contributed by atoms with E-state index in [0.717, 1.165) is 111 Å². The number of aromatic amines is 2. The Bertz CT molecular complexity index is 4670. The Morgan fingerprint density at radius 3 is 0.570 bits per heavy atom. The Kier molecular flexibility index (Phi) is 18.3. The molecule has 0 saturated carbocycles. The van der Waals surface area contributed by atoms with Crippen molar-refractivity contribution >= 4 is 93.9 Å². The highest BCUT2D eigenvalue weighted by atomic mass is 16.4. The van der Waals surface area contributed by atoms with Crippen molar-refractivity contribution in [2.24, 2.45) is 0 Å². The molecule has 13 rings (SSSR count). The maximum absolute atomic E-state index is 12.7. The number of carboxylic acids is 4. The van der Waals surface area contributed by atoms with E-state index >= 15 is 0 Å². The van der Waals surface area contributed by atoms with Gasteiger partial charge in [-0.3, -0.25) is 38.4 Å². The number of carbonyl (C=O) groups is 8. The number of carbonyl (C=O) groups excluding carboxylic acids is 4. The molecule has 4 amide bonds. The van der Waals surface area contributed by atoms with Crippen LogP contribution in [0.1, 0.15) is 64.2 Å². The molecule has 0 saturated heterocycles. The second-order valence-corrected chi connectivity index (χ2v) is 23.4. The van der Waals surface area contributed by atoms with Crippen LogP contribution in [0.2, 0.25) is 0 Å². The van der Waals surface area contributed by atoms with Crippen LogP contribution in [0.4, 0.5) is 0 Å². The summed E-state index contributed by atoms with van der Waals surface area (Å²) in [6.45, 7) is -2.04. The van der Waals surface area contributed by atoms with E-state index in [1.54, 1.807) is 97.1 Å². The van der Waals surface area contributed by atoms with Crippen molar-refractivity contribution < 1.29 is 58.8 Å². The molecule has 5 heterocycles. The van der Waals surface area contributed by atoms with Crippen molar-refractivity contribution in [3.63, 3.8) is 0 Å². The van der Waals surface area contributed by atoms with Crippen molar-refractivity contribution in [1.82, 2.24) is 41.2 Å². The van der Waals surface area contributed by atoms with Crippen molar-refractivity contribution in [2.45, 2.75) is 0 Å². The number of aromatic nitrogens is 4. The zero-order chi connectivity index (χ0) is 69.6. The highest BCUT2D eigenvalue weighted by molar-refractivity contribution is 6.03. The number of carboxylic acid groups (broad SMARTS) is 4. The van der Waals surface area contributed by atoms with Crippen molar-refractivity contribution in [3.8, 4) is 89.0 Å². The number of H-pyrrole nitrogens is 2. The van der Waals surface area contributed by atoms with E-state index in [-0.39, 0.29) is 0 Å². The predicted molar refractivity (Wildman–Crippen MR) is 382 cm³/mol. The topological polar surface area (TPSA) is 323 Å². The van der Waals surface area contributed by atoms with Gasteiger partial charge >= 0.3 is 23.9 Å². The smallest absolute Gasteiger partial charge is 0.322 e. The molecule has 490 valence electrons. The Morgan fingerprint density at radius 2 is 0.400 bits per heavy atom. The number of rotatable bonds is 20. The molecule has 8 aromatic carbocycles. The number of nitrogens with one attached hydrogen (secondary N) is 6. The average molecular weight is 1320 g/mol. The maximum atomic E-state index is 12.7. The zero-order valence-corrected chi connectivity index (χ0v) is 52.9. The van der Waals surface area contributed by atoms with E-state index in [4.69, 9.17) is 30.4 Å². The first kappa shape index (κ1) is 64.8. The van der Waals surface area contributed by atoms with E-state index in [9.17, 15) is 38.4 Å². The van der Waals surface area contributed by atoms with Gasteiger partial charge in [-0.1, -0.05) is 146 Å². The summed E-state index contributed by atoms with van der Waals surface area (Å²) in [7, 11) is 0. The Labute approximate surface area is 569 Å². The van der Waals surface area contributed by atoms with Crippen LogP contribution in [-0.4, -0.2) is 114 Å². The summed E-state index contributed by atoms with van der Waals surface area (Å²) in [5.74, 6) is -6.63. The van der Waals surface area contributed by atoms with Crippen LogP contribution in [0.15, 0.2) is 218 Å². The fourth-order valence-corrected chi connectivity index (χ4v) is 12.0. The fourth-order valence-electron chi connectivity index (χ4n) is 12.0. The summed E-state index contributed by atoms with van der Waals surface area (Å²) in [5.41, 5.74) is 19.8. The molecule has 0 atom stereocenters. The second-order valence-electron chi connectivity index (χ2n) is 23.4. The standard InChI is InChI=1S/C80H58N8O12/c89-69(90)41-81-77(97)57-25-9-49(10-26-57)45-1-17-53(18-2-45)73-61-33-35-63(85-61)74(54-19-3-46(4-20-54)50-11-27-58(28-12-50)78(98)82-42-70(91)92)65-37-39-67(87-65)76(56-23-7-48(8-24-56)52-15-31-60(32-16-52)80(100)84-44-72(95)96)68-40-38-66(88-68)75(64-36-34-62(73)86-64)55-21-5-47(6-22-55)51-13-29-59(30-14-51)79(99)83-43-71(93)94/h1-40,85,88H,41-44H2,(H,81,97)(H,82,98)(H,83,99)(H,84,100)(H,89,90)(H,91,92)(H,93,94)(H,95,96). The molecule has 3 aromatic heterocycles. The lowest BCUT2D eigenvalue weighted by Crippen LogP contribution is -2.29. The Hall–Kier alpha value is -13.9. The molecule has 0 fully saturated rings. The first-order chi connectivity index (χ1) is 48.5. The van der Waals surface area contributed by atoms with Crippen LogP contribution in [0.5, 0.6) is 0 Å². The largest absolute Gasteiger partial charge is 0.480 e. The maximum Gasteiger partial charge on any atom is 0.322 e. The van der Waals surface area contributed by atoms with Gasteiger partial charge in [0.2, 0.25) is 0 Å². The van der Waals surface area contributed by atoms with Gasteiger partial charge in [0.1, 0.15) is 26.2 Å². The summed E-state index contributed by atoms with van der Waals surface area (Å²) in [5, 5.41) is 46.1. The third-order valence-electron chi connectivity index (χ3n) is 17.0. The van der Waals surface area contributed by atoms with Gasteiger partial charge in [0.05, 0.1) is 22.8 Å². The number of aliphatic carboxylic acids is 4. The first-order valence-corrected chi connectivity index (χ1v) is 31.5. The van der Waals surface area contributed by atoms with Gasteiger partial charge in [-0.05, 0) is 164 Å². The summed E-state index contributed by atoms with van der Waals surface area (Å²) in [4.78, 5) is 114. The van der Waals surface area contributed by atoms with Crippen molar-refractivity contribution in [3.05, 3.63) is 263 Å². The lowest BCUT2D eigenvalue weighted by molar-refractivity contribution is -0.136. The molecule has 2 aliphatic rings. The minimum Gasteiger partial charge on any atom is -0.480 e. The third-order valence-corrected chi connectivity index (χ3v) is 17.0. The summed E-state index contributed by atoms with van der Waals surface area (Å²) >= 11 is 0. The summed E-state index contributed by atoms with van der Waals surface area (Å²) in [6.07, 6.45) is 7.95. The molecule has 0 spiro atoms. The van der Waals surface area contributed by atoms with Gasteiger partial charge in [-0.2, -0.15) is 0 Å². The molecule has 0 aliphatic carbocycles. The van der Waals surface area contributed by atoms with Gasteiger partial charge in [0.25, 0.3) is 23.6 Å². The van der Waals surface area contributed by atoms with Gasteiger partial charge < -0.3 is 51.7 Å². The number of amides is 4. The van der Waals surface area contributed by atoms with Gasteiger partial charge in [0, 0.05) is 66.6 Å². The SMILES string of the molecule is O=C(O)CNC(=O)c1ccc(-c2ccc(-c3c4nc(c(-c5ccc(-c6ccc(C(=O)NCC(=O)O)cc6)cc5)c5ccc([nH]5)c(-c5ccc(-c6ccc(C(=O)NCC(=O)O)cc6)cc5)c5nc(c(-c6ccc(-c7ccc(C(=O)NCC(=O)O)cc7)cc6)c6ccc3[nH]6)C=C5)C=C4)cc2)cc1. The minimum absolute atomic E-state index is 0.313. The van der Waals surface area contributed by atoms with E-state index < -0.39 is 73.7 Å². The van der Waals surface area contributed by atoms with Crippen molar-refractivity contribution in [2.75, 3.05) is 26.2 Å². The lowest BCUT2D eigenvalue weighted by Gasteiger charge is -2.10. The number of hydrogen-bond donors (Lipinski definition) is 10. The molecular weight excluding hydrogens is 1260 g/mol. The average Bonchev–Trinajstić information content (AvgIpc) is 1.62. The van der Waals surface area contributed by atoms with E-state index in [2.05, 4.69) is 31.2 Å². The third kappa shape index (κ3) is 14.2. The number of fused-ring (bicyclic) bond motifs is 8. The molecule has 20 nitrogen and oxygen atoms in total. The Morgan fingerprint density at radius 1 is 0.240 bits per heavy atom. The van der Waals surface area contributed by atoms with E-state index in [1.165, 1.54) is 0 Å².